The Balaban J connectivity index is 1.94. The highest BCUT2D eigenvalue weighted by atomic mass is 35.5. The molecule has 0 aliphatic heterocycles. The van der Waals surface area contributed by atoms with Gasteiger partial charge in [-0.1, -0.05) is 17.7 Å². The topological polar surface area (TPSA) is 67.4 Å². The predicted molar refractivity (Wildman–Crippen MR) is 96.6 cm³/mol. The minimum Gasteiger partial charge on any atom is -0.374 e. The summed E-state index contributed by atoms with van der Waals surface area (Å²) in [7, 11) is 1.57. The number of methoxy groups -OCH3 is 1. The lowest BCUT2D eigenvalue weighted by atomic mass is 10.2. The molecule has 1 aromatic heterocycles. The van der Waals surface area contributed by atoms with Gasteiger partial charge in [0.1, 0.15) is 6.10 Å². The minimum atomic E-state index is -0.738. The first kappa shape index (κ1) is 18.4. The van der Waals surface area contributed by atoms with Crippen LogP contribution in [0.1, 0.15) is 21.4 Å². The summed E-state index contributed by atoms with van der Waals surface area (Å²) in [6.07, 6.45) is -0.284. The Hall–Kier alpha value is -1.89. The number of halogens is 1. The van der Waals surface area contributed by atoms with Gasteiger partial charge in [0.2, 0.25) is 0 Å². The summed E-state index contributed by atoms with van der Waals surface area (Å²) < 4.78 is 5.38. The number of carbonyl (C=O) groups excluding carboxylic acids is 2. The Morgan fingerprint density at radius 3 is 2.58 bits per heavy atom. The molecule has 1 atom stereocenters. The maximum absolute atomic E-state index is 12.0. The number of benzene rings is 1. The molecular weight excluding hydrogens is 348 g/mol. The van der Waals surface area contributed by atoms with Crippen molar-refractivity contribution in [3.8, 4) is 0 Å². The molecule has 0 unspecified atom stereocenters. The summed E-state index contributed by atoms with van der Waals surface area (Å²) in [6.45, 7) is 3.99. The summed E-state index contributed by atoms with van der Waals surface area (Å²) in [5.41, 5.74) is 1.23. The van der Waals surface area contributed by atoms with Crippen LogP contribution in [0.15, 0.2) is 30.3 Å². The van der Waals surface area contributed by atoms with Gasteiger partial charge in [-0.3, -0.25) is 9.59 Å². The molecule has 128 valence electrons. The van der Waals surface area contributed by atoms with E-state index in [9.17, 15) is 9.59 Å². The van der Waals surface area contributed by atoms with Crippen molar-refractivity contribution in [2.75, 3.05) is 19.0 Å². The summed E-state index contributed by atoms with van der Waals surface area (Å²) in [5, 5.41) is 5.68. The molecule has 5 nitrogen and oxygen atoms in total. The van der Waals surface area contributed by atoms with Crippen LogP contribution in [-0.2, 0) is 14.3 Å². The molecule has 2 N–H and O–H groups in total. The van der Waals surface area contributed by atoms with Crippen molar-refractivity contribution in [2.24, 2.45) is 0 Å². The summed E-state index contributed by atoms with van der Waals surface area (Å²) in [6, 6.07) is 9.07. The third-order valence-corrected chi connectivity index (χ3v) is 5.04. The third-order valence-electron chi connectivity index (χ3n) is 3.53. The van der Waals surface area contributed by atoms with E-state index in [-0.39, 0.29) is 12.6 Å². The maximum atomic E-state index is 12.0. The van der Waals surface area contributed by atoms with Crippen LogP contribution in [0.2, 0.25) is 5.02 Å². The van der Waals surface area contributed by atoms with Crippen molar-refractivity contribution in [1.82, 2.24) is 5.32 Å². The van der Waals surface area contributed by atoms with Crippen molar-refractivity contribution in [3.05, 3.63) is 50.7 Å². The average Bonchev–Trinajstić information content (AvgIpc) is 2.98. The predicted octanol–water partition coefficient (Wildman–Crippen LogP) is 3.46. The number of rotatable bonds is 5. The lowest BCUT2D eigenvalue weighted by molar-refractivity contribution is -0.136. The molecule has 0 bridgehead atoms. The molecule has 0 aliphatic carbocycles. The van der Waals surface area contributed by atoms with E-state index in [1.807, 2.05) is 19.1 Å². The molecule has 2 amide bonds. The molecule has 0 radical (unpaired) electrons. The Labute approximate surface area is 150 Å². The van der Waals surface area contributed by atoms with Crippen molar-refractivity contribution in [3.63, 3.8) is 0 Å². The van der Waals surface area contributed by atoms with Gasteiger partial charge < -0.3 is 15.4 Å². The number of hydrogen-bond acceptors (Lipinski definition) is 4. The third kappa shape index (κ3) is 4.56. The number of anilines is 1. The smallest absolute Gasteiger partial charge is 0.313 e. The second-order valence-electron chi connectivity index (χ2n) is 5.25. The fourth-order valence-corrected chi connectivity index (χ4v) is 3.24. The molecular formula is C17H19ClN2O3S. The minimum absolute atomic E-state index is 0.219. The van der Waals surface area contributed by atoms with E-state index in [1.54, 1.807) is 43.6 Å². The van der Waals surface area contributed by atoms with E-state index in [2.05, 4.69) is 10.6 Å². The normalized spacial score (nSPS) is 11.8. The first-order valence-electron chi connectivity index (χ1n) is 7.35. The summed E-state index contributed by atoms with van der Waals surface area (Å²) >= 11 is 7.60. The Kier molecular flexibility index (Phi) is 6.36. The molecule has 7 heteroatoms. The quantitative estimate of drug-likeness (QED) is 0.796. The van der Waals surface area contributed by atoms with Crippen molar-refractivity contribution >= 4 is 40.4 Å². The zero-order chi connectivity index (χ0) is 17.7. The summed E-state index contributed by atoms with van der Waals surface area (Å²) in [4.78, 5) is 26.2. The Morgan fingerprint density at radius 1 is 1.21 bits per heavy atom. The van der Waals surface area contributed by atoms with Gasteiger partial charge in [-0.05, 0) is 43.7 Å². The highest BCUT2D eigenvalue weighted by Gasteiger charge is 2.18. The van der Waals surface area contributed by atoms with E-state index < -0.39 is 11.8 Å². The van der Waals surface area contributed by atoms with Crippen LogP contribution in [0.4, 0.5) is 5.69 Å². The van der Waals surface area contributed by atoms with Gasteiger partial charge in [0.05, 0.1) is 0 Å². The van der Waals surface area contributed by atoms with Crippen molar-refractivity contribution in [2.45, 2.75) is 20.0 Å². The van der Waals surface area contributed by atoms with Crippen LogP contribution in [0.25, 0.3) is 0 Å². The highest BCUT2D eigenvalue weighted by Crippen LogP contribution is 2.25. The van der Waals surface area contributed by atoms with E-state index in [1.165, 1.54) is 0 Å². The maximum Gasteiger partial charge on any atom is 0.313 e. The van der Waals surface area contributed by atoms with Crippen molar-refractivity contribution < 1.29 is 14.3 Å². The Morgan fingerprint density at radius 2 is 1.96 bits per heavy atom. The van der Waals surface area contributed by atoms with E-state index in [4.69, 9.17) is 16.3 Å². The molecule has 1 aromatic carbocycles. The molecule has 0 aliphatic rings. The number of hydrogen-bond donors (Lipinski definition) is 2. The van der Waals surface area contributed by atoms with E-state index in [0.717, 1.165) is 9.75 Å². The molecule has 0 saturated heterocycles. The van der Waals surface area contributed by atoms with Crippen LogP contribution < -0.4 is 10.6 Å². The van der Waals surface area contributed by atoms with E-state index in [0.29, 0.717) is 16.3 Å². The molecule has 0 fully saturated rings. The molecule has 24 heavy (non-hydrogen) atoms. The largest absolute Gasteiger partial charge is 0.374 e. The fourth-order valence-electron chi connectivity index (χ4n) is 2.11. The van der Waals surface area contributed by atoms with Crippen LogP contribution >= 0.6 is 22.9 Å². The van der Waals surface area contributed by atoms with Gasteiger partial charge >= 0.3 is 11.8 Å². The zero-order valence-electron chi connectivity index (χ0n) is 13.7. The first-order valence-corrected chi connectivity index (χ1v) is 8.55. The number of ether oxygens (including phenoxy) is 1. The zero-order valence-corrected chi connectivity index (χ0v) is 15.3. The van der Waals surface area contributed by atoms with Gasteiger partial charge in [0.15, 0.2) is 0 Å². The second-order valence-corrected chi connectivity index (χ2v) is 6.98. The van der Waals surface area contributed by atoms with Crippen molar-refractivity contribution in [1.29, 1.82) is 0 Å². The lowest BCUT2D eigenvalue weighted by Crippen LogP contribution is -2.38. The first-order chi connectivity index (χ1) is 11.4. The van der Waals surface area contributed by atoms with Gasteiger partial charge in [0, 0.05) is 34.1 Å². The average molecular weight is 367 g/mol. The molecule has 1 heterocycles. The van der Waals surface area contributed by atoms with Crippen LogP contribution in [-0.4, -0.2) is 25.5 Å². The monoisotopic (exact) mass is 366 g/mol. The standard InChI is InChI=1S/C17H19ClN2O3S/c1-10-7-8-15(24-10)14(23-3)9-19-16(21)17(22)20-13-6-4-5-12(18)11(13)2/h4-8,14H,9H2,1-3H3,(H,19,21)(H,20,22)/t14-/m1/s1. The van der Waals surface area contributed by atoms with Crippen LogP contribution in [0, 0.1) is 13.8 Å². The highest BCUT2D eigenvalue weighted by molar-refractivity contribution is 7.12. The van der Waals surface area contributed by atoms with Crippen LogP contribution in [0.5, 0.6) is 0 Å². The van der Waals surface area contributed by atoms with E-state index >= 15 is 0 Å². The molecule has 0 spiro atoms. The lowest BCUT2D eigenvalue weighted by Gasteiger charge is -2.15. The van der Waals surface area contributed by atoms with Gasteiger partial charge in [-0.15, -0.1) is 11.3 Å². The number of nitrogens with one attached hydrogen (secondary N) is 2. The fraction of sp³-hybridized carbons (Fsp3) is 0.294. The molecule has 2 aromatic rings. The summed E-state index contributed by atoms with van der Waals surface area (Å²) in [5.74, 6) is -1.46. The molecule has 2 rings (SSSR count). The number of thiophene rings is 1. The van der Waals surface area contributed by atoms with Crippen LogP contribution in [0.3, 0.4) is 0 Å². The Bertz CT molecular complexity index is 745. The second kappa shape index (κ2) is 8.28. The van der Waals surface area contributed by atoms with Gasteiger partial charge in [-0.25, -0.2) is 0 Å². The van der Waals surface area contributed by atoms with Gasteiger partial charge in [-0.2, -0.15) is 0 Å². The number of aryl methyl sites for hydroxylation is 1. The molecule has 0 saturated carbocycles. The number of carbonyl (C=O) groups is 2. The number of amides is 2. The van der Waals surface area contributed by atoms with Gasteiger partial charge in [0.25, 0.3) is 0 Å². The SMILES string of the molecule is CO[C@H](CNC(=O)C(=O)Nc1cccc(Cl)c1C)c1ccc(C)s1.